The third-order valence-corrected chi connectivity index (χ3v) is 2.49. The molecule has 1 aliphatic heterocycles. The maximum Gasteiger partial charge on any atom is 0.220 e. The van der Waals surface area contributed by atoms with Gasteiger partial charge in [-0.15, -0.1) is 0 Å². The number of fused-ring (bicyclic) bond motifs is 3. The van der Waals surface area contributed by atoms with Crippen LogP contribution in [0.5, 0.6) is 0 Å². The molecule has 13 heavy (non-hydrogen) atoms. The molecule has 3 heterocycles. The van der Waals surface area contributed by atoms with Crippen LogP contribution in [-0.4, -0.2) is 33.2 Å². The van der Waals surface area contributed by atoms with Crippen molar-refractivity contribution in [3.63, 3.8) is 0 Å². The average molecular weight is 178 g/mol. The Morgan fingerprint density at radius 2 is 2.38 bits per heavy atom. The molecule has 68 valence electrons. The minimum absolute atomic E-state index is 0.727. The summed E-state index contributed by atoms with van der Waals surface area (Å²) < 4.78 is 7.02. The maximum absolute atomic E-state index is 4.85. The molecule has 2 aromatic heterocycles. The molecule has 0 saturated carbocycles. The number of hydrogen-bond donors (Lipinski definition) is 0. The van der Waals surface area contributed by atoms with Crippen molar-refractivity contribution in [2.75, 3.05) is 13.6 Å². The van der Waals surface area contributed by atoms with E-state index < -0.39 is 0 Å². The van der Waals surface area contributed by atoms with Gasteiger partial charge < -0.3 is 9.09 Å². The lowest BCUT2D eigenvalue weighted by atomic mass is 10.4. The quantitative estimate of drug-likeness (QED) is 0.588. The number of nitrogens with zero attached hydrogens (tertiary/aromatic N) is 4. The van der Waals surface area contributed by atoms with E-state index >= 15 is 0 Å². The summed E-state index contributed by atoms with van der Waals surface area (Å²) in [6.45, 7) is 2.93. The lowest BCUT2D eigenvalue weighted by Crippen LogP contribution is -2.30. The molecule has 0 amide bonds. The first-order valence-corrected chi connectivity index (χ1v) is 4.32. The molecule has 0 spiro atoms. The SMILES string of the molecule is CN1CCn2c(nc3nocc32)C1. The molecule has 0 fully saturated rings. The van der Waals surface area contributed by atoms with Crippen LogP contribution in [0.2, 0.25) is 0 Å². The van der Waals surface area contributed by atoms with Crippen molar-refractivity contribution >= 4 is 11.2 Å². The van der Waals surface area contributed by atoms with Crippen LogP contribution < -0.4 is 0 Å². The van der Waals surface area contributed by atoms with Crippen LogP contribution in [0.3, 0.4) is 0 Å². The second-order valence-electron chi connectivity index (χ2n) is 3.44. The van der Waals surface area contributed by atoms with Crippen molar-refractivity contribution in [2.45, 2.75) is 13.1 Å². The first-order valence-electron chi connectivity index (χ1n) is 4.32. The molecule has 3 rings (SSSR count). The molecule has 1 aliphatic rings. The number of rotatable bonds is 0. The maximum atomic E-state index is 4.85. The van der Waals surface area contributed by atoms with Gasteiger partial charge in [-0.3, -0.25) is 4.90 Å². The zero-order valence-corrected chi connectivity index (χ0v) is 7.40. The van der Waals surface area contributed by atoms with Crippen molar-refractivity contribution in [3.8, 4) is 0 Å². The summed E-state index contributed by atoms with van der Waals surface area (Å²) in [7, 11) is 2.10. The summed E-state index contributed by atoms with van der Waals surface area (Å²) in [5.41, 5.74) is 1.74. The van der Waals surface area contributed by atoms with Gasteiger partial charge >= 0.3 is 0 Å². The fraction of sp³-hybridized carbons (Fsp3) is 0.500. The Kier molecular flexibility index (Phi) is 1.26. The van der Waals surface area contributed by atoms with Gasteiger partial charge in [0.15, 0.2) is 0 Å². The molecular weight excluding hydrogens is 168 g/mol. The molecule has 0 aromatic carbocycles. The number of hydrogen-bond acceptors (Lipinski definition) is 4. The van der Waals surface area contributed by atoms with E-state index in [4.69, 9.17) is 4.52 Å². The highest BCUT2D eigenvalue weighted by Gasteiger charge is 2.18. The molecule has 0 atom stereocenters. The Balaban J connectivity index is 2.22. The van der Waals surface area contributed by atoms with E-state index in [9.17, 15) is 0 Å². The Labute approximate surface area is 74.9 Å². The summed E-state index contributed by atoms with van der Waals surface area (Å²) in [5, 5.41) is 3.82. The van der Waals surface area contributed by atoms with E-state index in [-0.39, 0.29) is 0 Å². The van der Waals surface area contributed by atoms with Gasteiger partial charge in [-0.05, 0) is 7.05 Å². The van der Waals surface area contributed by atoms with E-state index in [1.54, 1.807) is 6.26 Å². The van der Waals surface area contributed by atoms with Gasteiger partial charge in [0.2, 0.25) is 5.65 Å². The molecule has 5 nitrogen and oxygen atoms in total. The van der Waals surface area contributed by atoms with Crippen LogP contribution in [0.1, 0.15) is 5.82 Å². The van der Waals surface area contributed by atoms with Gasteiger partial charge in [-0.1, -0.05) is 5.16 Å². The monoisotopic (exact) mass is 178 g/mol. The highest BCUT2D eigenvalue weighted by atomic mass is 16.5. The number of imidazole rings is 1. The van der Waals surface area contributed by atoms with Gasteiger partial charge in [-0.2, -0.15) is 0 Å². The molecule has 0 radical (unpaired) electrons. The van der Waals surface area contributed by atoms with Gasteiger partial charge in [-0.25, -0.2) is 4.98 Å². The van der Waals surface area contributed by atoms with Crippen LogP contribution in [-0.2, 0) is 13.1 Å². The van der Waals surface area contributed by atoms with Gasteiger partial charge in [0.05, 0.1) is 6.54 Å². The lowest BCUT2D eigenvalue weighted by molar-refractivity contribution is 0.266. The third kappa shape index (κ3) is 0.904. The molecule has 5 heteroatoms. The standard InChI is InChI=1S/C8H10N4O/c1-11-2-3-12-6-5-13-10-8(6)9-7(12)4-11/h5H,2-4H2,1H3. The highest BCUT2D eigenvalue weighted by Crippen LogP contribution is 2.18. The number of likely N-dealkylation sites (N-methyl/N-ethyl adjacent to an activating group) is 1. The first kappa shape index (κ1) is 7.08. The fourth-order valence-electron chi connectivity index (χ4n) is 1.77. The first-order chi connectivity index (χ1) is 6.34. The number of aromatic nitrogens is 3. The fourth-order valence-corrected chi connectivity index (χ4v) is 1.77. The minimum Gasteiger partial charge on any atom is -0.360 e. The summed E-state index contributed by atoms with van der Waals surface area (Å²) in [6, 6.07) is 0. The molecule has 2 aromatic rings. The topological polar surface area (TPSA) is 47.1 Å². The predicted octanol–water partition coefficient (Wildman–Crippen LogP) is 0.470. The van der Waals surface area contributed by atoms with E-state index in [0.717, 1.165) is 36.6 Å². The van der Waals surface area contributed by atoms with Crippen LogP contribution >= 0.6 is 0 Å². The summed E-state index contributed by atoms with van der Waals surface area (Å²) in [4.78, 5) is 6.63. The van der Waals surface area contributed by atoms with Gasteiger partial charge in [0.1, 0.15) is 17.6 Å². The summed E-state index contributed by atoms with van der Waals surface area (Å²) in [5.74, 6) is 1.09. The highest BCUT2D eigenvalue weighted by molar-refractivity contribution is 5.69. The molecular formula is C8H10N4O. The largest absolute Gasteiger partial charge is 0.360 e. The van der Waals surface area contributed by atoms with Crippen molar-refractivity contribution in [1.82, 2.24) is 19.6 Å². The van der Waals surface area contributed by atoms with Gasteiger partial charge in [0.25, 0.3) is 0 Å². The Morgan fingerprint density at radius 1 is 1.46 bits per heavy atom. The van der Waals surface area contributed by atoms with Crippen LogP contribution in [0, 0.1) is 0 Å². The van der Waals surface area contributed by atoms with E-state index in [0.29, 0.717) is 0 Å². The van der Waals surface area contributed by atoms with Crippen molar-refractivity contribution in [1.29, 1.82) is 0 Å². The second kappa shape index (κ2) is 2.32. The van der Waals surface area contributed by atoms with Crippen LogP contribution in [0.25, 0.3) is 11.2 Å². The molecule has 0 bridgehead atoms. The summed E-state index contributed by atoms with van der Waals surface area (Å²) in [6.07, 6.45) is 1.66. The molecule has 0 unspecified atom stereocenters. The molecule has 0 saturated heterocycles. The third-order valence-electron chi connectivity index (χ3n) is 2.49. The van der Waals surface area contributed by atoms with E-state index in [2.05, 4.69) is 26.7 Å². The van der Waals surface area contributed by atoms with Crippen molar-refractivity contribution in [3.05, 3.63) is 12.1 Å². The van der Waals surface area contributed by atoms with Gasteiger partial charge in [0, 0.05) is 13.1 Å². The predicted molar refractivity (Wildman–Crippen MR) is 46.1 cm³/mol. The smallest absolute Gasteiger partial charge is 0.220 e. The Morgan fingerprint density at radius 3 is 3.31 bits per heavy atom. The average Bonchev–Trinajstić information content (AvgIpc) is 2.62. The normalized spacial score (nSPS) is 17.9. The molecule has 0 N–H and O–H groups in total. The van der Waals surface area contributed by atoms with Crippen LogP contribution in [0.15, 0.2) is 10.8 Å². The summed E-state index contributed by atoms with van der Waals surface area (Å²) >= 11 is 0. The second-order valence-corrected chi connectivity index (χ2v) is 3.44. The Hall–Kier alpha value is -1.36. The minimum atomic E-state index is 0.727. The van der Waals surface area contributed by atoms with Crippen molar-refractivity contribution < 1.29 is 4.52 Å². The van der Waals surface area contributed by atoms with E-state index in [1.165, 1.54) is 0 Å². The van der Waals surface area contributed by atoms with E-state index in [1.807, 2.05) is 0 Å². The van der Waals surface area contributed by atoms with Crippen molar-refractivity contribution in [2.24, 2.45) is 0 Å². The zero-order valence-electron chi connectivity index (χ0n) is 7.40. The molecule has 0 aliphatic carbocycles. The zero-order chi connectivity index (χ0) is 8.84. The van der Waals surface area contributed by atoms with Crippen LogP contribution in [0.4, 0.5) is 0 Å². The lowest BCUT2D eigenvalue weighted by Gasteiger charge is -2.23. The Bertz CT molecular complexity index is 444.